The largest absolute Gasteiger partial charge is 0.481 e. The summed E-state index contributed by atoms with van der Waals surface area (Å²) in [7, 11) is 0. The van der Waals surface area contributed by atoms with Crippen molar-refractivity contribution in [1.82, 2.24) is 0 Å². The number of hydrogen-bond acceptors (Lipinski definition) is 2. The Morgan fingerprint density at radius 3 is 2.45 bits per heavy atom. The maximum absolute atomic E-state index is 10.3. The third-order valence-corrected chi connectivity index (χ3v) is 2.98. The van der Waals surface area contributed by atoms with Gasteiger partial charge in [-0.1, -0.05) is 62.1 Å². The minimum atomic E-state index is -0.715. The molecule has 0 fully saturated rings. The molecule has 0 spiro atoms. The molecule has 3 heteroatoms. The molecule has 0 aromatic heterocycles. The first kappa shape index (κ1) is 18.7. The van der Waals surface area contributed by atoms with Gasteiger partial charge in [0.1, 0.15) is 0 Å². The molecule has 0 saturated carbocycles. The zero-order valence-electron chi connectivity index (χ0n) is 12.5. The van der Waals surface area contributed by atoms with Crippen LogP contribution < -0.4 is 0 Å². The molecular formula is C17H28O3. The van der Waals surface area contributed by atoms with E-state index in [1.165, 1.54) is 0 Å². The Balaban J connectivity index is 3.44. The molecule has 0 rings (SSSR count). The van der Waals surface area contributed by atoms with E-state index in [1.807, 2.05) is 37.3 Å². The van der Waals surface area contributed by atoms with Crippen LogP contribution >= 0.6 is 0 Å². The molecule has 0 amide bonds. The van der Waals surface area contributed by atoms with Crippen molar-refractivity contribution in [1.29, 1.82) is 0 Å². The fourth-order valence-corrected chi connectivity index (χ4v) is 1.82. The van der Waals surface area contributed by atoms with E-state index >= 15 is 0 Å². The molecule has 3 nitrogen and oxygen atoms in total. The molecule has 0 saturated heterocycles. The van der Waals surface area contributed by atoms with Gasteiger partial charge in [-0.3, -0.25) is 4.79 Å². The predicted octanol–water partition coefficient (Wildman–Crippen LogP) is 4.24. The van der Waals surface area contributed by atoms with E-state index in [4.69, 9.17) is 5.11 Å². The van der Waals surface area contributed by atoms with E-state index in [0.29, 0.717) is 0 Å². The van der Waals surface area contributed by atoms with Gasteiger partial charge in [0, 0.05) is 6.42 Å². The maximum atomic E-state index is 10.3. The van der Waals surface area contributed by atoms with Gasteiger partial charge in [-0.25, -0.2) is 0 Å². The molecule has 20 heavy (non-hydrogen) atoms. The smallest absolute Gasteiger partial charge is 0.303 e. The SMILES string of the molecule is CC=CCC=CC=CC(O)CCCCCCCC(=O)O. The molecular weight excluding hydrogens is 252 g/mol. The van der Waals surface area contributed by atoms with Gasteiger partial charge in [0.25, 0.3) is 0 Å². The average Bonchev–Trinajstić information content (AvgIpc) is 2.41. The third-order valence-electron chi connectivity index (χ3n) is 2.98. The van der Waals surface area contributed by atoms with Crippen LogP contribution in [0.25, 0.3) is 0 Å². The highest BCUT2D eigenvalue weighted by Crippen LogP contribution is 2.09. The zero-order valence-corrected chi connectivity index (χ0v) is 12.5. The van der Waals surface area contributed by atoms with Crippen LogP contribution in [-0.4, -0.2) is 22.3 Å². The van der Waals surface area contributed by atoms with E-state index in [9.17, 15) is 9.90 Å². The summed E-state index contributed by atoms with van der Waals surface area (Å²) in [4.78, 5) is 10.3. The van der Waals surface area contributed by atoms with E-state index in [2.05, 4.69) is 6.08 Å². The number of aliphatic hydroxyl groups excluding tert-OH is 1. The first-order valence-electron chi connectivity index (χ1n) is 7.51. The number of carbonyl (C=O) groups is 1. The number of rotatable bonds is 12. The molecule has 0 aromatic carbocycles. The number of carboxylic acid groups (broad SMARTS) is 1. The number of unbranched alkanes of at least 4 members (excludes halogenated alkanes) is 4. The molecule has 0 aliphatic rings. The molecule has 0 aliphatic carbocycles. The van der Waals surface area contributed by atoms with E-state index in [0.717, 1.165) is 44.9 Å². The lowest BCUT2D eigenvalue weighted by Crippen LogP contribution is -2.01. The van der Waals surface area contributed by atoms with Crippen LogP contribution in [0.15, 0.2) is 36.5 Å². The summed E-state index contributed by atoms with van der Waals surface area (Å²) in [6.45, 7) is 2.00. The Labute approximate surface area is 122 Å². The minimum absolute atomic E-state index is 0.269. The first-order valence-corrected chi connectivity index (χ1v) is 7.51. The zero-order chi connectivity index (χ0) is 15.1. The summed E-state index contributed by atoms with van der Waals surface area (Å²) < 4.78 is 0. The summed E-state index contributed by atoms with van der Waals surface area (Å²) >= 11 is 0. The predicted molar refractivity (Wildman–Crippen MR) is 83.7 cm³/mol. The van der Waals surface area contributed by atoms with Gasteiger partial charge < -0.3 is 10.2 Å². The van der Waals surface area contributed by atoms with Gasteiger partial charge in [0.15, 0.2) is 0 Å². The molecule has 1 unspecified atom stereocenters. The first-order chi connectivity index (χ1) is 9.66. The van der Waals surface area contributed by atoms with Crippen molar-refractivity contribution in [3.05, 3.63) is 36.5 Å². The lowest BCUT2D eigenvalue weighted by Gasteiger charge is -2.04. The van der Waals surface area contributed by atoms with Gasteiger partial charge in [-0.2, -0.15) is 0 Å². The third kappa shape index (κ3) is 14.7. The number of carboxylic acids is 1. The van der Waals surface area contributed by atoms with Crippen molar-refractivity contribution in [2.45, 2.75) is 64.4 Å². The maximum Gasteiger partial charge on any atom is 0.303 e. The number of aliphatic hydroxyl groups is 1. The highest BCUT2D eigenvalue weighted by atomic mass is 16.4. The molecule has 0 bridgehead atoms. The molecule has 1 atom stereocenters. The van der Waals surface area contributed by atoms with Gasteiger partial charge in [-0.15, -0.1) is 0 Å². The van der Waals surface area contributed by atoms with E-state index in [-0.39, 0.29) is 12.5 Å². The Bertz CT molecular complexity index is 316. The second-order valence-electron chi connectivity index (χ2n) is 4.89. The summed E-state index contributed by atoms with van der Waals surface area (Å²) in [5.41, 5.74) is 0. The molecule has 114 valence electrons. The van der Waals surface area contributed by atoms with Gasteiger partial charge in [0.05, 0.1) is 6.10 Å². The standard InChI is InChI=1S/C17H28O3/c1-2-3-4-5-7-10-13-16(18)14-11-8-6-9-12-15-17(19)20/h2-3,5,7,10,13,16,18H,4,6,8-9,11-12,14-15H2,1H3,(H,19,20). The number of allylic oxidation sites excluding steroid dienone is 5. The highest BCUT2D eigenvalue weighted by molar-refractivity contribution is 5.66. The van der Waals surface area contributed by atoms with Crippen molar-refractivity contribution >= 4 is 5.97 Å². The summed E-state index contributed by atoms with van der Waals surface area (Å²) in [5.74, 6) is -0.715. The topological polar surface area (TPSA) is 57.5 Å². The molecule has 0 radical (unpaired) electrons. The van der Waals surface area contributed by atoms with Gasteiger partial charge >= 0.3 is 5.97 Å². The lowest BCUT2D eigenvalue weighted by atomic mass is 10.1. The van der Waals surface area contributed by atoms with Crippen molar-refractivity contribution in [2.75, 3.05) is 0 Å². The quantitative estimate of drug-likeness (QED) is 0.319. The fraction of sp³-hybridized carbons (Fsp3) is 0.588. The van der Waals surface area contributed by atoms with Crippen LogP contribution in [0.3, 0.4) is 0 Å². The fourth-order valence-electron chi connectivity index (χ4n) is 1.82. The molecule has 0 aromatic rings. The van der Waals surface area contributed by atoms with Crippen LogP contribution in [0, 0.1) is 0 Å². The van der Waals surface area contributed by atoms with Crippen LogP contribution in [0.4, 0.5) is 0 Å². The Morgan fingerprint density at radius 1 is 1.05 bits per heavy atom. The highest BCUT2D eigenvalue weighted by Gasteiger charge is 1.99. The normalized spacial score (nSPS) is 13.7. The van der Waals surface area contributed by atoms with Gasteiger partial charge in [-0.05, 0) is 26.2 Å². The number of aliphatic carboxylic acids is 1. The summed E-state index contributed by atoms with van der Waals surface area (Å²) in [5, 5.41) is 18.2. The van der Waals surface area contributed by atoms with Crippen molar-refractivity contribution in [3.63, 3.8) is 0 Å². The molecule has 0 aliphatic heterocycles. The Morgan fingerprint density at radius 2 is 1.75 bits per heavy atom. The number of hydrogen-bond donors (Lipinski definition) is 2. The van der Waals surface area contributed by atoms with Crippen LogP contribution in [0.5, 0.6) is 0 Å². The summed E-state index contributed by atoms with van der Waals surface area (Å²) in [6.07, 6.45) is 18.2. The Hall–Kier alpha value is -1.35. The van der Waals surface area contributed by atoms with E-state index < -0.39 is 5.97 Å². The minimum Gasteiger partial charge on any atom is -0.481 e. The summed E-state index contributed by atoms with van der Waals surface area (Å²) in [6, 6.07) is 0. The van der Waals surface area contributed by atoms with Crippen LogP contribution in [0.1, 0.15) is 58.3 Å². The van der Waals surface area contributed by atoms with Crippen molar-refractivity contribution in [3.8, 4) is 0 Å². The van der Waals surface area contributed by atoms with Crippen LogP contribution in [-0.2, 0) is 4.79 Å². The lowest BCUT2D eigenvalue weighted by molar-refractivity contribution is -0.137. The average molecular weight is 280 g/mol. The van der Waals surface area contributed by atoms with Crippen molar-refractivity contribution < 1.29 is 15.0 Å². The van der Waals surface area contributed by atoms with Crippen molar-refractivity contribution in [2.24, 2.45) is 0 Å². The Kier molecular flexibility index (Phi) is 13.1. The van der Waals surface area contributed by atoms with E-state index in [1.54, 1.807) is 0 Å². The molecule has 0 heterocycles. The second kappa shape index (κ2) is 14.1. The van der Waals surface area contributed by atoms with Gasteiger partial charge in [0.2, 0.25) is 0 Å². The van der Waals surface area contributed by atoms with Crippen LogP contribution in [0.2, 0.25) is 0 Å². The second-order valence-corrected chi connectivity index (χ2v) is 4.89. The molecule has 2 N–H and O–H groups in total. The monoisotopic (exact) mass is 280 g/mol.